The first kappa shape index (κ1) is 15.1. The van der Waals surface area contributed by atoms with Crippen LogP contribution in [0.1, 0.15) is 29.8 Å². The van der Waals surface area contributed by atoms with Gasteiger partial charge in [-0.15, -0.1) is 11.8 Å². The van der Waals surface area contributed by atoms with Crippen molar-refractivity contribution in [3.8, 4) is 5.75 Å². The number of para-hydroxylation sites is 1. The average Bonchev–Trinajstić information content (AvgIpc) is 2.53. The van der Waals surface area contributed by atoms with Crippen LogP contribution in [-0.4, -0.2) is 17.1 Å². The number of thioether (sulfide) groups is 1. The second kappa shape index (κ2) is 5.14. The predicted molar refractivity (Wildman–Crippen MR) is 87.3 cm³/mol. The number of benzene rings is 2. The Morgan fingerprint density at radius 2 is 1.68 bits per heavy atom. The molecule has 1 aliphatic rings. The highest BCUT2D eigenvalue weighted by molar-refractivity contribution is 7.98. The molecule has 114 valence electrons. The van der Waals surface area contributed by atoms with E-state index in [4.69, 9.17) is 4.74 Å². The number of fused-ring (bicyclic) bond motifs is 1. The number of ether oxygens (including phenoxy) is 1. The Morgan fingerprint density at radius 3 is 2.32 bits per heavy atom. The molecule has 3 nitrogen and oxygen atoms in total. The Morgan fingerprint density at radius 1 is 1.05 bits per heavy atom. The van der Waals surface area contributed by atoms with Crippen molar-refractivity contribution in [3.63, 3.8) is 0 Å². The van der Waals surface area contributed by atoms with E-state index in [9.17, 15) is 9.90 Å². The summed E-state index contributed by atoms with van der Waals surface area (Å²) in [4.78, 5) is 13.9. The van der Waals surface area contributed by atoms with E-state index in [2.05, 4.69) is 0 Å². The largest absolute Gasteiger partial charge is 0.456 e. The fourth-order valence-corrected chi connectivity index (χ4v) is 3.17. The van der Waals surface area contributed by atoms with E-state index in [0.717, 1.165) is 4.90 Å². The number of hydrogen-bond donors (Lipinski definition) is 1. The number of rotatable bonds is 2. The molecule has 0 aliphatic carbocycles. The lowest BCUT2D eigenvalue weighted by molar-refractivity contribution is -0.210. The molecule has 1 unspecified atom stereocenters. The van der Waals surface area contributed by atoms with Gasteiger partial charge in [0, 0.05) is 10.5 Å². The van der Waals surface area contributed by atoms with Crippen LogP contribution in [0.4, 0.5) is 0 Å². The van der Waals surface area contributed by atoms with Crippen LogP contribution in [0.15, 0.2) is 53.4 Å². The van der Waals surface area contributed by atoms with E-state index in [1.54, 1.807) is 49.9 Å². The molecule has 0 spiro atoms. The van der Waals surface area contributed by atoms with Gasteiger partial charge in [0.1, 0.15) is 5.75 Å². The van der Waals surface area contributed by atoms with Gasteiger partial charge in [0.15, 0.2) is 5.78 Å². The Bertz CT molecular complexity index is 721. The van der Waals surface area contributed by atoms with Crippen LogP contribution < -0.4 is 4.74 Å². The quantitative estimate of drug-likeness (QED) is 0.855. The number of hydrogen-bond acceptors (Lipinski definition) is 4. The molecule has 2 aromatic carbocycles. The molecule has 22 heavy (non-hydrogen) atoms. The van der Waals surface area contributed by atoms with Crippen molar-refractivity contribution in [2.75, 3.05) is 6.26 Å². The molecule has 0 amide bonds. The third-order valence-electron chi connectivity index (χ3n) is 4.29. The summed E-state index contributed by atoms with van der Waals surface area (Å²) in [5.74, 6) is -1.39. The fourth-order valence-electron chi connectivity index (χ4n) is 2.76. The van der Waals surface area contributed by atoms with Gasteiger partial charge < -0.3 is 9.84 Å². The Kier molecular flexibility index (Phi) is 3.54. The van der Waals surface area contributed by atoms with Gasteiger partial charge >= 0.3 is 0 Å². The Hall–Kier alpha value is -1.78. The van der Waals surface area contributed by atoms with Crippen molar-refractivity contribution in [2.45, 2.75) is 24.5 Å². The van der Waals surface area contributed by atoms with Gasteiger partial charge in [-0.25, -0.2) is 0 Å². The van der Waals surface area contributed by atoms with Gasteiger partial charge in [-0.05, 0) is 44.4 Å². The van der Waals surface area contributed by atoms with Gasteiger partial charge in [-0.1, -0.05) is 24.3 Å². The standard InChI is InChI=1S/C18H18O3S/c1-17(2)16(19)14-6-4-5-7-15(14)21-18(17,20)12-8-10-13(22-3)11-9-12/h4-11,20H,1-3H3. The van der Waals surface area contributed by atoms with Crippen molar-refractivity contribution >= 4 is 17.5 Å². The number of ketones is 1. The Labute approximate surface area is 134 Å². The molecular formula is C18H18O3S. The highest BCUT2D eigenvalue weighted by Crippen LogP contribution is 2.49. The molecule has 0 saturated heterocycles. The van der Waals surface area contributed by atoms with E-state index in [1.807, 2.05) is 30.5 Å². The summed E-state index contributed by atoms with van der Waals surface area (Å²) in [6.45, 7) is 3.43. The summed E-state index contributed by atoms with van der Waals surface area (Å²) in [5, 5.41) is 11.2. The van der Waals surface area contributed by atoms with Gasteiger partial charge in [-0.2, -0.15) is 0 Å². The van der Waals surface area contributed by atoms with Crippen molar-refractivity contribution in [1.29, 1.82) is 0 Å². The lowest BCUT2D eigenvalue weighted by atomic mass is 9.71. The molecule has 1 N–H and O–H groups in total. The van der Waals surface area contributed by atoms with E-state index in [-0.39, 0.29) is 5.78 Å². The average molecular weight is 314 g/mol. The highest BCUT2D eigenvalue weighted by Gasteiger charge is 2.56. The molecule has 0 aromatic heterocycles. The summed E-state index contributed by atoms with van der Waals surface area (Å²) >= 11 is 1.62. The fraction of sp³-hybridized carbons (Fsp3) is 0.278. The number of carbonyl (C=O) groups is 1. The molecule has 1 atom stereocenters. The van der Waals surface area contributed by atoms with Crippen LogP contribution in [0.2, 0.25) is 0 Å². The van der Waals surface area contributed by atoms with Gasteiger partial charge in [0.2, 0.25) is 5.79 Å². The first-order valence-corrected chi connectivity index (χ1v) is 8.32. The third kappa shape index (κ3) is 2.06. The number of Topliss-reactive ketones (excluding diaryl/α,β-unsaturated/α-hetero) is 1. The van der Waals surface area contributed by atoms with Crippen LogP contribution in [-0.2, 0) is 5.79 Å². The first-order valence-electron chi connectivity index (χ1n) is 7.10. The molecule has 0 radical (unpaired) electrons. The minimum absolute atomic E-state index is 0.120. The van der Waals surface area contributed by atoms with Gasteiger partial charge in [0.25, 0.3) is 0 Å². The number of aliphatic hydroxyl groups is 1. The lowest BCUT2D eigenvalue weighted by Gasteiger charge is -2.45. The third-order valence-corrected chi connectivity index (χ3v) is 5.03. The normalized spacial score (nSPS) is 22.8. The van der Waals surface area contributed by atoms with Crippen molar-refractivity contribution in [3.05, 3.63) is 59.7 Å². The molecule has 1 aliphatic heterocycles. The van der Waals surface area contributed by atoms with Crippen LogP contribution >= 0.6 is 11.8 Å². The summed E-state index contributed by atoms with van der Waals surface area (Å²) in [6.07, 6.45) is 1.99. The SMILES string of the molecule is CSc1ccc(C2(O)Oc3ccccc3C(=O)C2(C)C)cc1. The minimum atomic E-state index is -1.69. The molecule has 0 bridgehead atoms. The van der Waals surface area contributed by atoms with Crippen LogP contribution in [0, 0.1) is 5.41 Å². The maximum absolute atomic E-state index is 12.8. The van der Waals surface area contributed by atoms with Crippen molar-refractivity contribution in [1.82, 2.24) is 0 Å². The maximum atomic E-state index is 12.8. The topological polar surface area (TPSA) is 46.5 Å². The molecule has 0 saturated carbocycles. The van der Waals surface area contributed by atoms with Crippen LogP contribution in [0.5, 0.6) is 5.75 Å². The zero-order valence-corrected chi connectivity index (χ0v) is 13.6. The Balaban J connectivity index is 2.14. The summed E-state index contributed by atoms with van der Waals surface area (Å²) in [6, 6.07) is 14.5. The molecule has 3 rings (SSSR count). The number of carbonyl (C=O) groups excluding carboxylic acids is 1. The first-order chi connectivity index (χ1) is 10.4. The monoisotopic (exact) mass is 314 g/mol. The van der Waals surface area contributed by atoms with Crippen molar-refractivity contribution < 1.29 is 14.6 Å². The van der Waals surface area contributed by atoms with Crippen molar-refractivity contribution in [2.24, 2.45) is 5.41 Å². The van der Waals surface area contributed by atoms with E-state index in [1.165, 1.54) is 0 Å². The molecule has 2 aromatic rings. The van der Waals surface area contributed by atoms with E-state index < -0.39 is 11.2 Å². The molecule has 1 heterocycles. The van der Waals surface area contributed by atoms with Gasteiger partial charge in [0.05, 0.1) is 11.0 Å². The van der Waals surface area contributed by atoms with Crippen LogP contribution in [0.25, 0.3) is 0 Å². The van der Waals surface area contributed by atoms with E-state index in [0.29, 0.717) is 16.9 Å². The molecular weight excluding hydrogens is 296 g/mol. The maximum Gasteiger partial charge on any atom is 0.247 e. The lowest BCUT2D eigenvalue weighted by Crippen LogP contribution is -2.54. The summed E-state index contributed by atoms with van der Waals surface area (Å²) < 4.78 is 5.89. The summed E-state index contributed by atoms with van der Waals surface area (Å²) in [7, 11) is 0. The van der Waals surface area contributed by atoms with Gasteiger partial charge in [-0.3, -0.25) is 4.79 Å². The zero-order valence-electron chi connectivity index (χ0n) is 12.8. The second-order valence-corrected chi connectivity index (χ2v) is 6.80. The second-order valence-electron chi connectivity index (χ2n) is 5.92. The smallest absolute Gasteiger partial charge is 0.247 e. The van der Waals surface area contributed by atoms with Crippen LogP contribution in [0.3, 0.4) is 0 Å². The predicted octanol–water partition coefficient (Wildman–Crippen LogP) is 3.86. The highest BCUT2D eigenvalue weighted by atomic mass is 32.2. The molecule has 0 fully saturated rings. The van der Waals surface area contributed by atoms with E-state index >= 15 is 0 Å². The zero-order chi connectivity index (χ0) is 16.0. The molecule has 4 heteroatoms. The summed E-state index contributed by atoms with van der Waals surface area (Å²) in [5.41, 5.74) is 0.0125. The minimum Gasteiger partial charge on any atom is -0.456 e.